The Morgan fingerprint density at radius 2 is 2.10 bits per heavy atom. The fraction of sp³-hybridized carbons (Fsp3) is 0.467. The predicted octanol–water partition coefficient (Wildman–Crippen LogP) is 1.46. The summed E-state index contributed by atoms with van der Waals surface area (Å²) in [6.07, 6.45) is -0.147. The Morgan fingerprint density at radius 3 is 2.67 bits per heavy atom. The molecule has 114 valence electrons. The van der Waals surface area contributed by atoms with Crippen LogP contribution in [0, 0.1) is 0 Å². The lowest BCUT2D eigenvalue weighted by Gasteiger charge is -2.37. The van der Waals surface area contributed by atoms with Crippen LogP contribution in [0.5, 0.6) is 5.75 Å². The van der Waals surface area contributed by atoms with Crippen LogP contribution in [0.2, 0.25) is 0 Å². The highest BCUT2D eigenvalue weighted by molar-refractivity contribution is 5.82. The number of ether oxygens (including phenoxy) is 2. The van der Waals surface area contributed by atoms with Gasteiger partial charge >= 0.3 is 5.97 Å². The van der Waals surface area contributed by atoms with Gasteiger partial charge in [-0.2, -0.15) is 0 Å². The van der Waals surface area contributed by atoms with Crippen LogP contribution >= 0.6 is 0 Å². The number of aliphatic carboxylic acids is 1. The number of hydrogen-bond acceptors (Lipinski definition) is 4. The minimum absolute atomic E-state index is 0.207. The number of amides is 1. The molecule has 2 rings (SSSR count). The molecule has 1 aromatic rings. The number of likely N-dealkylation sites (N-methyl/N-ethyl adjacent to an activating group) is 1. The third-order valence-electron chi connectivity index (χ3n) is 3.42. The van der Waals surface area contributed by atoms with E-state index in [0.29, 0.717) is 12.2 Å². The SMILES string of the molecule is CCCOc1ccc(C2C(C(=O)O)OCC(=O)N2C)cc1. The van der Waals surface area contributed by atoms with Crippen LogP contribution in [0.1, 0.15) is 24.9 Å². The summed E-state index contributed by atoms with van der Waals surface area (Å²) in [5, 5.41) is 9.26. The number of carbonyl (C=O) groups is 2. The van der Waals surface area contributed by atoms with E-state index in [0.717, 1.165) is 12.2 Å². The van der Waals surface area contributed by atoms with Crippen LogP contribution in [-0.4, -0.2) is 48.2 Å². The minimum Gasteiger partial charge on any atom is -0.494 e. The van der Waals surface area contributed by atoms with Crippen molar-refractivity contribution in [2.45, 2.75) is 25.5 Å². The average Bonchev–Trinajstić information content (AvgIpc) is 2.48. The molecule has 1 heterocycles. The molecule has 2 atom stereocenters. The van der Waals surface area contributed by atoms with Gasteiger partial charge in [0.2, 0.25) is 5.91 Å². The minimum atomic E-state index is -1.08. The van der Waals surface area contributed by atoms with E-state index in [9.17, 15) is 14.7 Å². The van der Waals surface area contributed by atoms with E-state index >= 15 is 0 Å². The van der Waals surface area contributed by atoms with Gasteiger partial charge in [-0.3, -0.25) is 4.79 Å². The van der Waals surface area contributed by atoms with Gasteiger partial charge in [0, 0.05) is 7.05 Å². The maximum absolute atomic E-state index is 11.7. The molecule has 1 N–H and O–H groups in total. The molecule has 21 heavy (non-hydrogen) atoms. The Labute approximate surface area is 123 Å². The van der Waals surface area contributed by atoms with Gasteiger partial charge in [-0.25, -0.2) is 4.79 Å². The van der Waals surface area contributed by atoms with Crippen molar-refractivity contribution in [2.24, 2.45) is 0 Å². The summed E-state index contributed by atoms with van der Waals surface area (Å²) in [6, 6.07) is 6.45. The van der Waals surface area contributed by atoms with E-state index in [1.807, 2.05) is 6.92 Å². The third-order valence-corrected chi connectivity index (χ3v) is 3.42. The van der Waals surface area contributed by atoms with E-state index < -0.39 is 18.1 Å². The first kappa shape index (κ1) is 15.3. The summed E-state index contributed by atoms with van der Waals surface area (Å²) < 4.78 is 10.7. The molecule has 1 aliphatic heterocycles. The zero-order valence-corrected chi connectivity index (χ0v) is 12.1. The first-order chi connectivity index (χ1) is 10.0. The number of morpholine rings is 1. The Morgan fingerprint density at radius 1 is 1.43 bits per heavy atom. The summed E-state index contributed by atoms with van der Waals surface area (Å²) in [6.45, 7) is 2.44. The molecule has 6 nitrogen and oxygen atoms in total. The van der Waals surface area contributed by atoms with E-state index in [-0.39, 0.29) is 12.5 Å². The summed E-state index contributed by atoms with van der Waals surface area (Å²) in [5.41, 5.74) is 0.710. The van der Waals surface area contributed by atoms with Crippen LogP contribution in [0.3, 0.4) is 0 Å². The highest BCUT2D eigenvalue weighted by Crippen LogP contribution is 2.30. The fourth-order valence-corrected chi connectivity index (χ4v) is 2.30. The largest absolute Gasteiger partial charge is 0.494 e. The summed E-state index contributed by atoms with van der Waals surface area (Å²) in [7, 11) is 1.59. The van der Waals surface area contributed by atoms with Gasteiger partial charge in [-0.15, -0.1) is 0 Å². The lowest BCUT2D eigenvalue weighted by molar-refractivity contribution is -0.171. The molecule has 6 heteroatoms. The summed E-state index contributed by atoms with van der Waals surface area (Å²) in [4.78, 5) is 24.5. The smallest absolute Gasteiger partial charge is 0.335 e. The second kappa shape index (κ2) is 6.58. The van der Waals surface area contributed by atoms with E-state index in [1.54, 1.807) is 31.3 Å². The van der Waals surface area contributed by atoms with Crippen molar-refractivity contribution in [2.75, 3.05) is 20.3 Å². The van der Waals surface area contributed by atoms with Crippen molar-refractivity contribution in [1.29, 1.82) is 0 Å². The number of carboxylic acid groups (broad SMARTS) is 1. The second-order valence-corrected chi connectivity index (χ2v) is 4.94. The van der Waals surface area contributed by atoms with Crippen molar-refractivity contribution in [3.05, 3.63) is 29.8 Å². The number of carbonyl (C=O) groups excluding carboxylic acids is 1. The molecule has 0 saturated carbocycles. The molecule has 0 bridgehead atoms. The monoisotopic (exact) mass is 293 g/mol. The van der Waals surface area contributed by atoms with E-state index in [1.165, 1.54) is 4.90 Å². The van der Waals surface area contributed by atoms with Gasteiger partial charge < -0.3 is 19.5 Å². The number of nitrogens with zero attached hydrogens (tertiary/aromatic N) is 1. The molecular weight excluding hydrogens is 274 g/mol. The van der Waals surface area contributed by atoms with Gasteiger partial charge in [0.25, 0.3) is 0 Å². The van der Waals surface area contributed by atoms with Gasteiger partial charge in [-0.05, 0) is 24.1 Å². The average molecular weight is 293 g/mol. The van der Waals surface area contributed by atoms with Crippen molar-refractivity contribution < 1.29 is 24.2 Å². The predicted molar refractivity (Wildman–Crippen MR) is 75.1 cm³/mol. The number of carboxylic acids is 1. The highest BCUT2D eigenvalue weighted by Gasteiger charge is 2.40. The molecule has 0 radical (unpaired) electrons. The maximum atomic E-state index is 11.7. The second-order valence-electron chi connectivity index (χ2n) is 4.94. The molecular formula is C15H19NO5. The van der Waals surface area contributed by atoms with Crippen LogP contribution in [0.4, 0.5) is 0 Å². The van der Waals surface area contributed by atoms with Gasteiger partial charge in [0.1, 0.15) is 12.4 Å². The Balaban J connectivity index is 2.23. The molecule has 1 saturated heterocycles. The molecule has 1 fully saturated rings. The molecule has 0 aliphatic carbocycles. The van der Waals surface area contributed by atoms with Crippen molar-refractivity contribution in [3.8, 4) is 5.75 Å². The fourth-order valence-electron chi connectivity index (χ4n) is 2.30. The standard InChI is InChI=1S/C15H19NO5/c1-3-8-20-11-6-4-10(5-7-11)13-14(15(18)19)21-9-12(17)16(13)2/h4-7,13-14H,3,8-9H2,1-2H3,(H,18,19). The number of hydrogen-bond donors (Lipinski definition) is 1. The van der Waals surface area contributed by atoms with E-state index in [2.05, 4.69) is 0 Å². The van der Waals surface area contributed by atoms with Crippen molar-refractivity contribution in [1.82, 2.24) is 4.90 Å². The molecule has 1 amide bonds. The number of benzene rings is 1. The van der Waals surface area contributed by atoms with E-state index in [4.69, 9.17) is 9.47 Å². The zero-order chi connectivity index (χ0) is 15.4. The normalized spacial score (nSPS) is 22.2. The van der Waals surface area contributed by atoms with Crippen LogP contribution < -0.4 is 4.74 Å². The van der Waals surface area contributed by atoms with Crippen LogP contribution in [0.15, 0.2) is 24.3 Å². The van der Waals surface area contributed by atoms with Gasteiger partial charge in [0.05, 0.1) is 12.6 Å². The topological polar surface area (TPSA) is 76.1 Å². The lowest BCUT2D eigenvalue weighted by Crippen LogP contribution is -2.50. The quantitative estimate of drug-likeness (QED) is 0.889. The number of rotatable bonds is 5. The Kier molecular flexibility index (Phi) is 4.80. The maximum Gasteiger partial charge on any atom is 0.335 e. The molecule has 0 spiro atoms. The van der Waals surface area contributed by atoms with Crippen molar-refractivity contribution in [3.63, 3.8) is 0 Å². The van der Waals surface area contributed by atoms with Crippen molar-refractivity contribution >= 4 is 11.9 Å². The van der Waals surface area contributed by atoms with Crippen LogP contribution in [-0.2, 0) is 14.3 Å². The van der Waals surface area contributed by atoms with Gasteiger partial charge in [0.15, 0.2) is 6.10 Å². The highest BCUT2D eigenvalue weighted by atomic mass is 16.5. The van der Waals surface area contributed by atoms with Gasteiger partial charge in [-0.1, -0.05) is 19.1 Å². The molecule has 0 aromatic heterocycles. The Bertz CT molecular complexity index is 513. The Hall–Kier alpha value is -2.08. The first-order valence-corrected chi connectivity index (χ1v) is 6.87. The molecule has 1 aliphatic rings. The summed E-state index contributed by atoms with van der Waals surface area (Å²) >= 11 is 0. The molecule has 2 unspecified atom stereocenters. The molecule has 1 aromatic carbocycles. The zero-order valence-electron chi connectivity index (χ0n) is 12.1. The van der Waals surface area contributed by atoms with Crippen LogP contribution in [0.25, 0.3) is 0 Å². The third kappa shape index (κ3) is 3.33. The first-order valence-electron chi connectivity index (χ1n) is 6.87. The summed E-state index contributed by atoms with van der Waals surface area (Å²) in [5.74, 6) is -0.590. The lowest BCUT2D eigenvalue weighted by atomic mass is 9.98.